The fourth-order valence-corrected chi connectivity index (χ4v) is 2.82. The van der Waals surface area contributed by atoms with Crippen LogP contribution in [0.2, 0.25) is 0 Å². The Morgan fingerprint density at radius 2 is 2.21 bits per heavy atom. The van der Waals surface area contributed by atoms with E-state index in [-0.39, 0.29) is 17.4 Å². The van der Waals surface area contributed by atoms with E-state index in [0.29, 0.717) is 18.7 Å². The van der Waals surface area contributed by atoms with Crippen molar-refractivity contribution in [2.24, 2.45) is 13.0 Å². The Morgan fingerprint density at radius 3 is 2.96 bits per heavy atom. The Labute approximate surface area is 140 Å². The quantitative estimate of drug-likeness (QED) is 0.920. The first-order chi connectivity index (χ1) is 11.6. The predicted octanol–water partition coefficient (Wildman–Crippen LogP) is 1.37. The number of hydrogen-bond donors (Lipinski definition) is 1. The summed E-state index contributed by atoms with van der Waals surface area (Å²) in [5, 5.41) is 2.91. The zero-order chi connectivity index (χ0) is 17.1. The van der Waals surface area contributed by atoms with Crippen LogP contribution in [0.25, 0.3) is 0 Å². The summed E-state index contributed by atoms with van der Waals surface area (Å²) in [4.78, 5) is 23.6. The molecular formula is C18H20N2O4. The predicted molar refractivity (Wildman–Crippen MR) is 89.7 cm³/mol. The minimum Gasteiger partial charge on any atom is -0.493 e. The molecule has 6 heteroatoms. The molecule has 1 aromatic heterocycles. The standard InChI is InChI=1S/C18H20N2O4/c1-20-10-14(6-7-16(20)21)18(22)19-9-12-8-13-4-3-5-15(23-2)17(13)24-11-12/h3-7,10,12H,8-9,11H2,1-2H3,(H,19,22)/t12-/m0/s1. The summed E-state index contributed by atoms with van der Waals surface area (Å²) in [6.07, 6.45) is 2.36. The molecular weight excluding hydrogens is 308 g/mol. The van der Waals surface area contributed by atoms with Crippen LogP contribution in [0.1, 0.15) is 15.9 Å². The topological polar surface area (TPSA) is 69.6 Å². The molecule has 0 bridgehead atoms. The maximum Gasteiger partial charge on any atom is 0.252 e. The molecule has 2 heterocycles. The number of carbonyl (C=O) groups excluding carboxylic acids is 1. The summed E-state index contributed by atoms with van der Waals surface area (Å²) in [7, 11) is 3.25. The van der Waals surface area contributed by atoms with Gasteiger partial charge in [0.15, 0.2) is 11.5 Å². The zero-order valence-electron chi connectivity index (χ0n) is 13.7. The number of nitrogens with zero attached hydrogens (tertiary/aromatic N) is 1. The number of carbonyl (C=O) groups is 1. The molecule has 0 fully saturated rings. The van der Waals surface area contributed by atoms with Crippen LogP contribution in [-0.2, 0) is 13.5 Å². The molecule has 1 atom stereocenters. The number of hydrogen-bond acceptors (Lipinski definition) is 4. The van der Waals surface area contributed by atoms with E-state index in [4.69, 9.17) is 9.47 Å². The van der Waals surface area contributed by atoms with Gasteiger partial charge in [0.2, 0.25) is 5.56 Å². The van der Waals surface area contributed by atoms with Gasteiger partial charge in [-0.2, -0.15) is 0 Å². The summed E-state index contributed by atoms with van der Waals surface area (Å²) in [5.41, 5.74) is 1.41. The van der Waals surface area contributed by atoms with Crippen LogP contribution in [0.5, 0.6) is 11.5 Å². The summed E-state index contributed by atoms with van der Waals surface area (Å²) in [5.74, 6) is 1.53. The molecule has 0 radical (unpaired) electrons. The number of rotatable bonds is 4. The molecule has 126 valence electrons. The van der Waals surface area contributed by atoms with E-state index in [1.807, 2.05) is 18.2 Å². The fraction of sp³-hybridized carbons (Fsp3) is 0.333. The molecule has 0 aliphatic carbocycles. The Balaban J connectivity index is 1.62. The first-order valence-corrected chi connectivity index (χ1v) is 7.82. The van der Waals surface area contributed by atoms with Crippen LogP contribution in [0.4, 0.5) is 0 Å². The van der Waals surface area contributed by atoms with Gasteiger partial charge in [0.1, 0.15) is 0 Å². The fourth-order valence-electron chi connectivity index (χ4n) is 2.82. The van der Waals surface area contributed by atoms with Gasteiger partial charge in [-0.15, -0.1) is 0 Å². The van der Waals surface area contributed by atoms with Gasteiger partial charge in [-0.05, 0) is 24.1 Å². The number of aromatic nitrogens is 1. The Hall–Kier alpha value is -2.76. The van der Waals surface area contributed by atoms with Gasteiger partial charge < -0.3 is 19.4 Å². The number of methoxy groups -OCH3 is 1. The van der Waals surface area contributed by atoms with E-state index in [1.54, 1.807) is 14.2 Å². The Bertz CT molecular complexity index is 813. The maximum atomic E-state index is 12.2. The molecule has 3 rings (SSSR count). The average molecular weight is 328 g/mol. The smallest absolute Gasteiger partial charge is 0.252 e. The highest BCUT2D eigenvalue weighted by Crippen LogP contribution is 2.35. The highest BCUT2D eigenvalue weighted by Gasteiger charge is 2.23. The van der Waals surface area contributed by atoms with E-state index < -0.39 is 0 Å². The third-order valence-corrected chi connectivity index (χ3v) is 4.15. The summed E-state index contributed by atoms with van der Waals surface area (Å²) in [6, 6.07) is 8.75. The monoisotopic (exact) mass is 328 g/mol. The van der Waals surface area contributed by atoms with Crippen molar-refractivity contribution in [1.29, 1.82) is 0 Å². The van der Waals surface area contributed by atoms with Crippen LogP contribution in [0.3, 0.4) is 0 Å². The van der Waals surface area contributed by atoms with Crippen LogP contribution in [-0.4, -0.2) is 30.7 Å². The van der Waals surface area contributed by atoms with Gasteiger partial charge >= 0.3 is 0 Å². The number of fused-ring (bicyclic) bond motifs is 1. The molecule has 0 saturated carbocycles. The number of benzene rings is 1. The second kappa shape index (κ2) is 6.78. The van der Waals surface area contributed by atoms with Crippen molar-refractivity contribution in [1.82, 2.24) is 9.88 Å². The van der Waals surface area contributed by atoms with E-state index in [2.05, 4.69) is 5.32 Å². The third-order valence-electron chi connectivity index (χ3n) is 4.15. The summed E-state index contributed by atoms with van der Waals surface area (Å²) < 4.78 is 12.5. The lowest BCUT2D eigenvalue weighted by molar-refractivity contribution is 0.0937. The molecule has 1 amide bonds. The van der Waals surface area contributed by atoms with Gasteiger partial charge in [0, 0.05) is 31.8 Å². The number of amides is 1. The second-order valence-electron chi connectivity index (χ2n) is 5.91. The van der Waals surface area contributed by atoms with E-state index in [1.165, 1.54) is 22.9 Å². The van der Waals surface area contributed by atoms with Gasteiger partial charge in [0.05, 0.1) is 19.3 Å². The molecule has 2 aromatic rings. The van der Waals surface area contributed by atoms with Gasteiger partial charge in [0.25, 0.3) is 5.91 Å². The van der Waals surface area contributed by atoms with Crippen LogP contribution >= 0.6 is 0 Å². The molecule has 0 saturated heterocycles. The lowest BCUT2D eigenvalue weighted by Crippen LogP contribution is -2.35. The third kappa shape index (κ3) is 3.27. The molecule has 1 aromatic carbocycles. The Kier molecular flexibility index (Phi) is 4.55. The molecule has 1 aliphatic rings. The number of nitrogens with one attached hydrogen (secondary N) is 1. The van der Waals surface area contributed by atoms with Crippen molar-refractivity contribution < 1.29 is 14.3 Å². The normalized spacial score (nSPS) is 16.0. The molecule has 24 heavy (non-hydrogen) atoms. The molecule has 1 aliphatic heterocycles. The van der Waals surface area contributed by atoms with E-state index in [0.717, 1.165) is 23.5 Å². The highest BCUT2D eigenvalue weighted by molar-refractivity contribution is 5.93. The lowest BCUT2D eigenvalue weighted by atomic mass is 9.96. The van der Waals surface area contributed by atoms with Crippen LogP contribution < -0.4 is 20.3 Å². The van der Waals surface area contributed by atoms with Crippen molar-refractivity contribution in [3.05, 3.63) is 58.0 Å². The van der Waals surface area contributed by atoms with Gasteiger partial charge in [-0.1, -0.05) is 12.1 Å². The minimum atomic E-state index is -0.193. The summed E-state index contributed by atoms with van der Waals surface area (Å²) in [6.45, 7) is 1.04. The second-order valence-corrected chi connectivity index (χ2v) is 5.91. The average Bonchev–Trinajstić information content (AvgIpc) is 2.61. The largest absolute Gasteiger partial charge is 0.493 e. The Morgan fingerprint density at radius 1 is 1.38 bits per heavy atom. The van der Waals surface area contributed by atoms with Gasteiger partial charge in [-0.3, -0.25) is 9.59 Å². The van der Waals surface area contributed by atoms with E-state index in [9.17, 15) is 9.59 Å². The van der Waals surface area contributed by atoms with Gasteiger partial charge in [-0.25, -0.2) is 0 Å². The molecule has 6 nitrogen and oxygen atoms in total. The van der Waals surface area contributed by atoms with Crippen LogP contribution in [0, 0.1) is 5.92 Å². The number of pyridine rings is 1. The van der Waals surface area contributed by atoms with Crippen molar-refractivity contribution >= 4 is 5.91 Å². The van der Waals surface area contributed by atoms with E-state index >= 15 is 0 Å². The SMILES string of the molecule is COc1cccc2c1OC[C@H](CNC(=O)c1ccc(=O)n(C)c1)C2. The maximum absolute atomic E-state index is 12.2. The first-order valence-electron chi connectivity index (χ1n) is 7.82. The minimum absolute atomic E-state index is 0.141. The van der Waals surface area contributed by atoms with Crippen molar-refractivity contribution in [3.63, 3.8) is 0 Å². The number of ether oxygens (including phenoxy) is 2. The summed E-state index contributed by atoms with van der Waals surface area (Å²) >= 11 is 0. The number of aryl methyl sites for hydroxylation is 1. The van der Waals surface area contributed by atoms with Crippen molar-refractivity contribution in [3.8, 4) is 11.5 Å². The van der Waals surface area contributed by atoms with Crippen LogP contribution in [0.15, 0.2) is 41.3 Å². The van der Waals surface area contributed by atoms with Crippen molar-refractivity contribution in [2.75, 3.05) is 20.3 Å². The molecule has 0 unspecified atom stereocenters. The highest BCUT2D eigenvalue weighted by atomic mass is 16.5. The molecule has 0 spiro atoms. The first kappa shape index (κ1) is 16.1. The van der Waals surface area contributed by atoms with Crippen molar-refractivity contribution in [2.45, 2.75) is 6.42 Å². The molecule has 1 N–H and O–H groups in total. The zero-order valence-corrected chi connectivity index (χ0v) is 13.7. The lowest BCUT2D eigenvalue weighted by Gasteiger charge is -2.26. The number of para-hydroxylation sites is 1.